The Morgan fingerprint density at radius 2 is 1.00 bits per heavy atom. The Hall–Kier alpha value is 2.12. The molecular formula is CH3Cl4NaO. The van der Waals surface area contributed by atoms with Crippen molar-refractivity contribution in [3.8, 4) is 0 Å². The third-order valence-corrected chi connectivity index (χ3v) is 0. The molecular weight excluding hydrogens is 193 g/mol. The van der Waals surface area contributed by atoms with E-state index >= 15 is 0 Å². The van der Waals surface area contributed by atoms with E-state index in [9.17, 15) is 0 Å². The van der Waals surface area contributed by atoms with Crippen LogP contribution in [0.4, 0.5) is 0 Å². The maximum absolute atomic E-state index is 4.83. The normalized spacial score (nSPS) is 8.57. The largest absolute Gasteiger partial charge is 1.00 e. The molecule has 0 saturated heterocycles. The molecule has 0 saturated carbocycles. The van der Waals surface area contributed by atoms with E-state index in [1.165, 1.54) is 0 Å². The average molecular weight is 196 g/mol. The average Bonchev–Trinajstić information content (AvgIpc) is 0.722. The van der Waals surface area contributed by atoms with Gasteiger partial charge < -0.3 is 6.90 Å². The van der Waals surface area contributed by atoms with Gasteiger partial charge in [-0.1, -0.05) is 46.4 Å². The zero-order chi connectivity index (χ0) is 4.50. The summed E-state index contributed by atoms with van der Waals surface area (Å²) in [6.07, 6.45) is 0. The van der Waals surface area contributed by atoms with Crippen LogP contribution in [-0.4, -0.2) is 8.73 Å². The maximum atomic E-state index is 4.83. The molecule has 0 aliphatic carbocycles. The van der Waals surface area contributed by atoms with Gasteiger partial charge in [0.25, 0.3) is 3.25 Å². The van der Waals surface area contributed by atoms with Crippen molar-refractivity contribution in [3.63, 3.8) is 0 Å². The van der Waals surface area contributed by atoms with Gasteiger partial charge in [-0.3, -0.25) is 0 Å². The van der Waals surface area contributed by atoms with Crippen molar-refractivity contribution < 1.29 is 36.5 Å². The second-order valence-electron chi connectivity index (χ2n) is 0.429. The summed E-state index contributed by atoms with van der Waals surface area (Å²) < 4.78 is -1.61. The molecule has 0 rings (SSSR count). The van der Waals surface area contributed by atoms with Gasteiger partial charge in [-0.2, -0.15) is 0 Å². The Labute approximate surface area is 85.3 Å². The van der Waals surface area contributed by atoms with E-state index in [4.69, 9.17) is 46.4 Å². The molecule has 2 N–H and O–H groups in total. The molecule has 0 aromatic heterocycles. The van der Waals surface area contributed by atoms with Crippen molar-refractivity contribution in [1.29, 1.82) is 0 Å². The molecule has 0 bridgehead atoms. The first-order chi connectivity index (χ1) is 2.00. The van der Waals surface area contributed by atoms with Gasteiger partial charge in [-0.25, -0.2) is 0 Å². The van der Waals surface area contributed by atoms with E-state index in [0.29, 0.717) is 0 Å². The van der Waals surface area contributed by atoms with Crippen LogP contribution >= 0.6 is 46.4 Å². The predicted octanol–water partition coefficient (Wildman–Crippen LogP) is -1.16. The minimum atomic E-state index is -1.61. The summed E-state index contributed by atoms with van der Waals surface area (Å²) in [6.45, 7) is 0. The summed E-state index contributed by atoms with van der Waals surface area (Å²) >= 11 is 19.3. The zero-order valence-electron chi connectivity index (χ0n) is 4.51. The monoisotopic (exact) mass is 194 g/mol. The number of halogens is 4. The molecule has 0 amide bonds. The Balaban J connectivity index is -0.0000000267. The molecule has 42 valence electrons. The van der Waals surface area contributed by atoms with Gasteiger partial charge in [0.15, 0.2) is 0 Å². The molecule has 0 fully saturated rings. The van der Waals surface area contributed by atoms with Crippen LogP contribution in [-0.2, 0) is 0 Å². The first-order valence-corrected chi connectivity index (χ1v) is 2.27. The second-order valence-corrected chi connectivity index (χ2v) is 3.86. The number of hydrogen-bond acceptors (Lipinski definition) is 0. The Morgan fingerprint density at radius 1 is 1.00 bits per heavy atom. The first kappa shape index (κ1) is 16.1. The van der Waals surface area contributed by atoms with E-state index in [1.54, 1.807) is 0 Å². The zero-order valence-corrected chi connectivity index (χ0v) is 8.54. The fourth-order valence-electron chi connectivity index (χ4n) is 0. The maximum Gasteiger partial charge on any atom is 1.00 e. The van der Waals surface area contributed by atoms with Crippen molar-refractivity contribution in [3.05, 3.63) is 0 Å². The summed E-state index contributed by atoms with van der Waals surface area (Å²) in [4.78, 5) is 0. The van der Waals surface area contributed by atoms with Gasteiger partial charge in [-0.15, -0.1) is 0 Å². The van der Waals surface area contributed by atoms with Gasteiger partial charge in [0.1, 0.15) is 0 Å². The Morgan fingerprint density at radius 3 is 1.00 bits per heavy atom. The smallest absolute Gasteiger partial charge is 1.00 e. The van der Waals surface area contributed by atoms with E-state index in [1.807, 2.05) is 0 Å². The van der Waals surface area contributed by atoms with Gasteiger partial charge in [0.2, 0.25) is 0 Å². The Bertz CT molecular complexity index is 31.5. The quantitative estimate of drug-likeness (QED) is 0.345. The van der Waals surface area contributed by atoms with E-state index < -0.39 is 3.25 Å². The van der Waals surface area contributed by atoms with Crippen molar-refractivity contribution >= 4 is 46.4 Å². The van der Waals surface area contributed by atoms with E-state index in [2.05, 4.69) is 0 Å². The van der Waals surface area contributed by atoms with Crippen LogP contribution in [0.5, 0.6) is 0 Å². The van der Waals surface area contributed by atoms with Gasteiger partial charge in [-0.05, 0) is 0 Å². The summed E-state index contributed by atoms with van der Waals surface area (Å²) in [5.41, 5.74) is 0. The summed E-state index contributed by atoms with van der Waals surface area (Å²) in [5.74, 6) is 0. The van der Waals surface area contributed by atoms with Crippen LogP contribution in [0.25, 0.3) is 0 Å². The molecule has 7 heavy (non-hydrogen) atoms. The molecule has 0 heterocycles. The molecule has 0 aliphatic rings. The third kappa shape index (κ3) is 67.7. The fourth-order valence-corrected chi connectivity index (χ4v) is 0. The summed E-state index contributed by atoms with van der Waals surface area (Å²) in [5, 5.41) is 0. The van der Waals surface area contributed by atoms with Crippen LogP contribution < -0.4 is 29.6 Å². The first-order valence-electron chi connectivity index (χ1n) is 0.756. The molecule has 0 aliphatic heterocycles. The minimum Gasteiger partial charge on any atom is -1.00 e. The predicted molar refractivity (Wildman–Crippen MR) is 30.9 cm³/mol. The van der Waals surface area contributed by atoms with E-state index in [0.717, 1.165) is 0 Å². The summed E-state index contributed by atoms with van der Waals surface area (Å²) in [6, 6.07) is 0. The van der Waals surface area contributed by atoms with Crippen LogP contribution in [0, 0.1) is 0 Å². The molecule has 6 heteroatoms. The standard InChI is InChI=1S/CCl4.Na.H2O.H/c2-1(3,4)5;;;/h;;1H2;/q;+1;;-1. The van der Waals surface area contributed by atoms with E-state index in [-0.39, 0.29) is 36.5 Å². The van der Waals surface area contributed by atoms with Gasteiger partial charge in [0.05, 0.1) is 0 Å². The molecule has 0 radical (unpaired) electrons. The molecule has 1 nitrogen and oxygen atoms in total. The van der Waals surface area contributed by atoms with Crippen molar-refractivity contribution in [2.45, 2.75) is 3.25 Å². The molecule has 0 aromatic carbocycles. The van der Waals surface area contributed by atoms with Crippen LogP contribution in [0.1, 0.15) is 1.43 Å². The van der Waals surface area contributed by atoms with Crippen LogP contribution in [0.3, 0.4) is 0 Å². The molecule has 0 atom stereocenters. The number of rotatable bonds is 0. The second kappa shape index (κ2) is 6.24. The number of alkyl halides is 4. The topological polar surface area (TPSA) is 31.5 Å². The van der Waals surface area contributed by atoms with Crippen LogP contribution in [0.15, 0.2) is 0 Å². The fraction of sp³-hybridized carbons (Fsp3) is 1.00. The van der Waals surface area contributed by atoms with Crippen LogP contribution in [0.2, 0.25) is 0 Å². The SMILES string of the molecule is ClC(Cl)(Cl)Cl.O.[H-].[Na+]. The van der Waals surface area contributed by atoms with Gasteiger partial charge >= 0.3 is 29.6 Å². The third-order valence-electron chi connectivity index (χ3n) is 0. The summed E-state index contributed by atoms with van der Waals surface area (Å²) in [7, 11) is 0. The molecule has 0 spiro atoms. The van der Waals surface area contributed by atoms with Crippen molar-refractivity contribution in [1.82, 2.24) is 0 Å². The minimum absolute atomic E-state index is 0. The Kier molecular flexibility index (Phi) is 14.3. The van der Waals surface area contributed by atoms with Gasteiger partial charge in [0, 0.05) is 0 Å². The molecule has 0 unspecified atom stereocenters. The molecule has 0 aromatic rings. The number of hydrogen-bond donors (Lipinski definition) is 0. The van der Waals surface area contributed by atoms with Crippen molar-refractivity contribution in [2.75, 3.05) is 0 Å². The van der Waals surface area contributed by atoms with Crippen molar-refractivity contribution in [2.24, 2.45) is 0 Å².